The summed E-state index contributed by atoms with van der Waals surface area (Å²) >= 11 is 0. The van der Waals surface area contributed by atoms with Crippen LogP contribution in [0.25, 0.3) is 0 Å². The summed E-state index contributed by atoms with van der Waals surface area (Å²) in [6.45, 7) is 1.78. The van der Waals surface area contributed by atoms with Crippen molar-refractivity contribution in [3.05, 3.63) is 30.1 Å². The van der Waals surface area contributed by atoms with Crippen molar-refractivity contribution in [1.82, 2.24) is 14.8 Å². The van der Waals surface area contributed by atoms with Crippen LogP contribution in [0.4, 0.5) is 0 Å². The van der Waals surface area contributed by atoms with E-state index in [0.29, 0.717) is 32.5 Å². The molecule has 3 rings (SSSR count). The molecule has 1 saturated carbocycles. The molecule has 1 saturated heterocycles. The Labute approximate surface area is 161 Å². The average Bonchev–Trinajstić information content (AvgIpc) is 2.71. The highest BCUT2D eigenvalue weighted by molar-refractivity contribution is 5.88. The summed E-state index contributed by atoms with van der Waals surface area (Å²) in [7, 11) is 3.56. The van der Waals surface area contributed by atoms with Crippen LogP contribution in [0.3, 0.4) is 0 Å². The number of nitrogens with zero attached hydrogens (tertiary/aromatic N) is 3. The lowest BCUT2D eigenvalue weighted by molar-refractivity contribution is -0.161. The van der Waals surface area contributed by atoms with Gasteiger partial charge in [-0.2, -0.15) is 0 Å². The molecule has 1 aromatic rings. The molecular formula is C21H31N3O3. The molecule has 148 valence electrons. The Balaban J connectivity index is 1.74. The summed E-state index contributed by atoms with van der Waals surface area (Å²) in [6, 6.07) is 4.00. The number of pyridine rings is 1. The first-order valence-electron chi connectivity index (χ1n) is 10.0. The van der Waals surface area contributed by atoms with Crippen LogP contribution in [-0.4, -0.2) is 66.5 Å². The average molecular weight is 373 g/mol. The van der Waals surface area contributed by atoms with E-state index in [2.05, 4.69) is 4.98 Å². The molecule has 6 heteroatoms. The number of likely N-dealkylation sites (tertiary alicyclic amines) is 1. The van der Waals surface area contributed by atoms with Gasteiger partial charge >= 0.3 is 0 Å². The van der Waals surface area contributed by atoms with E-state index in [-0.39, 0.29) is 17.9 Å². The highest BCUT2D eigenvalue weighted by atomic mass is 16.5. The van der Waals surface area contributed by atoms with Crippen LogP contribution >= 0.6 is 0 Å². The lowest BCUT2D eigenvalue weighted by Crippen LogP contribution is -2.62. The van der Waals surface area contributed by atoms with Crippen LogP contribution in [0.2, 0.25) is 0 Å². The molecule has 2 amide bonds. The maximum atomic E-state index is 13.5. The van der Waals surface area contributed by atoms with Crippen molar-refractivity contribution in [2.24, 2.45) is 5.41 Å². The predicted octanol–water partition coefficient (Wildman–Crippen LogP) is 2.28. The van der Waals surface area contributed by atoms with E-state index < -0.39 is 5.41 Å². The Morgan fingerprint density at radius 2 is 2.11 bits per heavy atom. The number of fused-ring (bicyclic) bond motifs is 1. The normalized spacial score (nSPS) is 25.2. The fourth-order valence-electron chi connectivity index (χ4n) is 4.77. The summed E-state index contributed by atoms with van der Waals surface area (Å²) in [5.41, 5.74) is 0.760. The summed E-state index contributed by atoms with van der Waals surface area (Å²) < 4.78 is 5.21. The van der Waals surface area contributed by atoms with Crippen LogP contribution < -0.4 is 0 Å². The number of likely N-dealkylation sites (N-methyl/N-ethyl adjacent to an activating group) is 1. The zero-order valence-corrected chi connectivity index (χ0v) is 16.5. The van der Waals surface area contributed by atoms with Crippen molar-refractivity contribution in [3.63, 3.8) is 0 Å². The first-order valence-corrected chi connectivity index (χ1v) is 10.0. The second-order valence-electron chi connectivity index (χ2n) is 7.83. The second-order valence-corrected chi connectivity index (χ2v) is 7.83. The maximum absolute atomic E-state index is 13.5. The van der Waals surface area contributed by atoms with E-state index in [9.17, 15) is 9.59 Å². The molecule has 1 aliphatic carbocycles. The van der Waals surface area contributed by atoms with Gasteiger partial charge in [-0.3, -0.25) is 14.6 Å². The zero-order chi connectivity index (χ0) is 19.3. The van der Waals surface area contributed by atoms with Gasteiger partial charge in [-0.05, 0) is 43.4 Å². The van der Waals surface area contributed by atoms with Gasteiger partial charge in [0.05, 0.1) is 12.0 Å². The molecule has 2 aliphatic rings. The number of amides is 2. The first-order chi connectivity index (χ1) is 13.1. The number of carbonyl (C=O) groups is 2. The fourth-order valence-corrected chi connectivity index (χ4v) is 4.77. The Morgan fingerprint density at radius 3 is 2.85 bits per heavy atom. The standard InChI is InChI=1S/C21H31N3O3/c1-23(14-9-17-7-12-22-13-8-17)20(26)21-10-4-3-5-18(21)24(15-16-27-2)19(25)6-11-21/h7-8,12-13,18H,3-6,9-11,14-16H2,1-2H3/t18-,21-/m1/s1. The fraction of sp³-hybridized carbons (Fsp3) is 0.667. The molecule has 0 N–H and O–H groups in total. The number of carbonyl (C=O) groups excluding carboxylic acids is 2. The van der Waals surface area contributed by atoms with E-state index in [1.165, 1.54) is 5.56 Å². The van der Waals surface area contributed by atoms with Gasteiger partial charge in [0.25, 0.3) is 0 Å². The molecular weight excluding hydrogens is 342 g/mol. The van der Waals surface area contributed by atoms with Crippen LogP contribution in [0.5, 0.6) is 0 Å². The van der Waals surface area contributed by atoms with E-state index in [1.807, 2.05) is 29.0 Å². The third-order valence-electron chi connectivity index (χ3n) is 6.26. The van der Waals surface area contributed by atoms with Crippen LogP contribution in [0, 0.1) is 5.41 Å². The Morgan fingerprint density at radius 1 is 1.33 bits per heavy atom. The van der Waals surface area contributed by atoms with E-state index in [4.69, 9.17) is 4.74 Å². The van der Waals surface area contributed by atoms with E-state index in [0.717, 1.165) is 32.1 Å². The third-order valence-corrected chi connectivity index (χ3v) is 6.26. The molecule has 0 aromatic carbocycles. The van der Waals surface area contributed by atoms with Crippen molar-refractivity contribution in [2.75, 3.05) is 33.9 Å². The smallest absolute Gasteiger partial charge is 0.230 e. The number of piperidine rings is 1. The number of rotatable bonds is 7. The molecule has 2 heterocycles. The lowest BCUT2D eigenvalue weighted by Gasteiger charge is -2.52. The number of hydrogen-bond acceptors (Lipinski definition) is 4. The number of ether oxygens (including phenoxy) is 1. The highest BCUT2D eigenvalue weighted by Crippen LogP contribution is 2.47. The molecule has 2 atom stereocenters. The van der Waals surface area contributed by atoms with E-state index in [1.54, 1.807) is 19.5 Å². The van der Waals surface area contributed by atoms with Gasteiger partial charge in [0.15, 0.2) is 0 Å². The van der Waals surface area contributed by atoms with Crippen molar-refractivity contribution >= 4 is 11.8 Å². The van der Waals surface area contributed by atoms with Crippen LogP contribution in [0.15, 0.2) is 24.5 Å². The Hall–Kier alpha value is -1.95. The number of methoxy groups -OCH3 is 1. The van der Waals surface area contributed by atoms with Gasteiger partial charge in [-0.1, -0.05) is 12.8 Å². The summed E-state index contributed by atoms with van der Waals surface area (Å²) in [4.78, 5) is 33.9. The summed E-state index contributed by atoms with van der Waals surface area (Å²) in [5.74, 6) is 0.373. The molecule has 1 aromatic heterocycles. The van der Waals surface area contributed by atoms with Gasteiger partial charge in [-0.25, -0.2) is 0 Å². The minimum Gasteiger partial charge on any atom is -0.383 e. The molecule has 0 radical (unpaired) electrons. The molecule has 6 nitrogen and oxygen atoms in total. The van der Waals surface area contributed by atoms with Gasteiger partial charge in [-0.15, -0.1) is 0 Å². The first kappa shape index (κ1) is 19.8. The van der Waals surface area contributed by atoms with Gasteiger partial charge in [0.1, 0.15) is 0 Å². The van der Waals surface area contributed by atoms with Crippen molar-refractivity contribution < 1.29 is 14.3 Å². The molecule has 0 bridgehead atoms. The number of hydrogen-bond donors (Lipinski definition) is 0. The summed E-state index contributed by atoms with van der Waals surface area (Å²) in [5, 5.41) is 0. The monoisotopic (exact) mass is 373 g/mol. The van der Waals surface area contributed by atoms with Gasteiger partial charge in [0, 0.05) is 52.1 Å². The molecule has 27 heavy (non-hydrogen) atoms. The molecule has 0 spiro atoms. The SMILES string of the molecule is COCCN1C(=O)CC[C@]2(C(=O)N(C)CCc3ccncc3)CCCC[C@@H]12. The summed E-state index contributed by atoms with van der Waals surface area (Å²) in [6.07, 6.45) is 9.47. The second kappa shape index (κ2) is 8.83. The lowest BCUT2D eigenvalue weighted by atomic mass is 9.64. The molecule has 2 fully saturated rings. The topological polar surface area (TPSA) is 62.7 Å². The highest BCUT2D eigenvalue weighted by Gasteiger charge is 2.53. The Bertz CT molecular complexity index is 651. The van der Waals surface area contributed by atoms with Crippen molar-refractivity contribution in [2.45, 2.75) is 51.0 Å². The third kappa shape index (κ3) is 4.15. The largest absolute Gasteiger partial charge is 0.383 e. The molecule has 0 unspecified atom stereocenters. The van der Waals surface area contributed by atoms with Crippen LogP contribution in [0.1, 0.15) is 44.1 Å². The van der Waals surface area contributed by atoms with Crippen LogP contribution in [-0.2, 0) is 20.7 Å². The van der Waals surface area contributed by atoms with Crippen molar-refractivity contribution in [1.29, 1.82) is 0 Å². The predicted molar refractivity (Wildman–Crippen MR) is 103 cm³/mol. The minimum atomic E-state index is -0.424. The maximum Gasteiger partial charge on any atom is 0.230 e. The minimum absolute atomic E-state index is 0.0125. The number of aromatic nitrogens is 1. The Kier molecular flexibility index (Phi) is 6.47. The van der Waals surface area contributed by atoms with Gasteiger partial charge < -0.3 is 14.5 Å². The van der Waals surface area contributed by atoms with Gasteiger partial charge in [0.2, 0.25) is 11.8 Å². The van der Waals surface area contributed by atoms with E-state index >= 15 is 0 Å². The van der Waals surface area contributed by atoms with Crippen molar-refractivity contribution in [3.8, 4) is 0 Å². The quantitative estimate of drug-likeness (QED) is 0.736. The zero-order valence-electron chi connectivity index (χ0n) is 16.5. The molecule has 1 aliphatic heterocycles.